The van der Waals surface area contributed by atoms with Gasteiger partial charge < -0.3 is 14.8 Å². The highest BCUT2D eigenvalue weighted by atomic mass is 35.5. The van der Waals surface area contributed by atoms with Crippen LogP contribution in [0.3, 0.4) is 0 Å². The molecule has 1 aliphatic carbocycles. The maximum Gasteiger partial charge on any atom is 0.344 e. The molecule has 1 fully saturated rings. The number of hydrogen-bond donors (Lipinski definition) is 2. The van der Waals surface area contributed by atoms with Gasteiger partial charge in [0.2, 0.25) is 0 Å². The molecule has 3 amide bonds. The Morgan fingerprint density at radius 1 is 1.10 bits per heavy atom. The molecule has 1 saturated carbocycles. The Morgan fingerprint density at radius 2 is 1.84 bits per heavy atom. The molecule has 0 spiro atoms. The summed E-state index contributed by atoms with van der Waals surface area (Å²) in [6, 6.07) is 4.55. The number of urea groups is 1. The van der Waals surface area contributed by atoms with E-state index < -0.39 is 31.1 Å². The van der Waals surface area contributed by atoms with Gasteiger partial charge in [-0.1, -0.05) is 42.5 Å². The fourth-order valence-corrected chi connectivity index (χ4v) is 3.95. The number of benzene rings is 1. The van der Waals surface area contributed by atoms with E-state index in [9.17, 15) is 14.4 Å². The van der Waals surface area contributed by atoms with Crippen molar-refractivity contribution in [1.82, 2.24) is 15.6 Å². The van der Waals surface area contributed by atoms with Gasteiger partial charge >= 0.3 is 12.0 Å². The summed E-state index contributed by atoms with van der Waals surface area (Å²) in [5, 5.41) is 6.13. The largest absolute Gasteiger partial charge is 0.478 e. The summed E-state index contributed by atoms with van der Waals surface area (Å²) in [5.74, 6) is -1.33. The summed E-state index contributed by atoms with van der Waals surface area (Å²) >= 11 is 12.4. The number of hydrogen-bond acceptors (Lipinski definition) is 6. The fourth-order valence-electron chi connectivity index (χ4n) is 3.38. The summed E-state index contributed by atoms with van der Waals surface area (Å²) in [7, 11) is 0. The summed E-state index contributed by atoms with van der Waals surface area (Å²) in [4.78, 5) is 40.1. The van der Waals surface area contributed by atoms with E-state index in [2.05, 4.69) is 15.6 Å². The Balaban J connectivity index is 1.48. The molecule has 166 valence electrons. The number of carbonyl (C=O) groups is 3. The van der Waals surface area contributed by atoms with Crippen molar-refractivity contribution in [2.24, 2.45) is 0 Å². The fraction of sp³-hybridized carbons (Fsp3) is 0.429. The average Bonchev–Trinajstić information content (AvgIpc) is 2.72. The van der Waals surface area contributed by atoms with Gasteiger partial charge in [-0.15, -0.1) is 0 Å². The van der Waals surface area contributed by atoms with E-state index in [-0.39, 0.29) is 16.8 Å². The second-order valence-electron chi connectivity index (χ2n) is 7.32. The van der Waals surface area contributed by atoms with E-state index in [0.717, 1.165) is 37.8 Å². The van der Waals surface area contributed by atoms with Crippen LogP contribution in [-0.2, 0) is 14.3 Å². The lowest BCUT2D eigenvalue weighted by atomic mass is 9.96. The quantitative estimate of drug-likeness (QED) is 0.623. The van der Waals surface area contributed by atoms with Crippen molar-refractivity contribution in [1.29, 1.82) is 0 Å². The smallest absolute Gasteiger partial charge is 0.344 e. The van der Waals surface area contributed by atoms with Crippen molar-refractivity contribution in [3.8, 4) is 5.75 Å². The number of ether oxygens (including phenoxy) is 2. The molecule has 2 N–H and O–H groups in total. The molecule has 0 atom stereocenters. The minimum atomic E-state index is -0.797. The van der Waals surface area contributed by atoms with Crippen LogP contribution in [0.4, 0.5) is 4.79 Å². The lowest BCUT2D eigenvalue weighted by Gasteiger charge is -2.22. The molecule has 0 bridgehead atoms. The monoisotopic (exact) mass is 467 g/mol. The molecular formula is C21H23Cl2N3O5. The van der Waals surface area contributed by atoms with Gasteiger partial charge in [0.25, 0.3) is 5.91 Å². The van der Waals surface area contributed by atoms with Crippen LogP contribution in [0.15, 0.2) is 18.2 Å². The van der Waals surface area contributed by atoms with Gasteiger partial charge in [0, 0.05) is 17.1 Å². The standard InChI is InChI=1S/C21H23Cl2N3O5/c1-12-7-8-14-15(22)9-16(23)20(19(14)24-12)31-11-18(28)30-10-17(27)26-21(29)25-13-5-3-2-4-6-13/h7-9,13H,2-6,10-11H2,1H3,(H2,25,26,27,29). The first-order valence-electron chi connectivity index (χ1n) is 9.97. The van der Waals surface area contributed by atoms with E-state index in [1.165, 1.54) is 6.07 Å². The van der Waals surface area contributed by atoms with E-state index in [4.69, 9.17) is 32.7 Å². The number of imide groups is 1. The highest BCUT2D eigenvalue weighted by Crippen LogP contribution is 2.37. The number of fused-ring (bicyclic) bond motifs is 1. The highest BCUT2D eigenvalue weighted by molar-refractivity contribution is 6.39. The molecule has 1 aromatic carbocycles. The SMILES string of the molecule is Cc1ccc2c(Cl)cc(Cl)c(OCC(=O)OCC(=O)NC(=O)NC3CCCCC3)c2n1. The van der Waals surface area contributed by atoms with Gasteiger partial charge in [-0.2, -0.15) is 0 Å². The number of nitrogens with zero attached hydrogens (tertiary/aromatic N) is 1. The number of rotatable bonds is 6. The molecule has 0 saturated heterocycles. The van der Waals surface area contributed by atoms with Gasteiger partial charge in [0.1, 0.15) is 5.52 Å². The first kappa shape index (κ1) is 23.1. The lowest BCUT2D eigenvalue weighted by molar-refractivity contribution is -0.150. The van der Waals surface area contributed by atoms with Gasteiger partial charge in [0.05, 0.1) is 10.0 Å². The van der Waals surface area contributed by atoms with Crippen LogP contribution in [0, 0.1) is 6.92 Å². The molecule has 10 heteroatoms. The normalized spacial score (nSPS) is 14.2. The van der Waals surface area contributed by atoms with Crippen LogP contribution in [0.5, 0.6) is 5.75 Å². The number of halogens is 2. The van der Waals surface area contributed by atoms with E-state index in [1.807, 2.05) is 0 Å². The van der Waals surface area contributed by atoms with Crippen LogP contribution >= 0.6 is 23.2 Å². The number of amides is 3. The van der Waals surface area contributed by atoms with Crippen LogP contribution in [0.1, 0.15) is 37.8 Å². The number of aryl methyl sites for hydroxylation is 1. The first-order chi connectivity index (χ1) is 14.8. The van der Waals surface area contributed by atoms with E-state index >= 15 is 0 Å². The van der Waals surface area contributed by atoms with Crippen LogP contribution in [0.25, 0.3) is 10.9 Å². The van der Waals surface area contributed by atoms with Crippen molar-refractivity contribution >= 4 is 52.0 Å². The van der Waals surface area contributed by atoms with Crippen LogP contribution in [-0.4, -0.2) is 42.1 Å². The third-order valence-electron chi connectivity index (χ3n) is 4.87. The van der Waals surface area contributed by atoms with Crippen molar-refractivity contribution in [2.75, 3.05) is 13.2 Å². The Hall–Kier alpha value is -2.58. The van der Waals surface area contributed by atoms with Gasteiger partial charge in [-0.25, -0.2) is 14.6 Å². The number of aromatic nitrogens is 1. The highest BCUT2D eigenvalue weighted by Gasteiger charge is 2.18. The van der Waals surface area contributed by atoms with Crippen molar-refractivity contribution < 1.29 is 23.9 Å². The second kappa shape index (κ2) is 10.6. The Labute approximate surface area is 189 Å². The number of pyridine rings is 1. The predicted octanol–water partition coefficient (Wildman–Crippen LogP) is 3.93. The maximum absolute atomic E-state index is 12.0. The number of carbonyl (C=O) groups excluding carboxylic acids is 3. The molecule has 0 aliphatic heterocycles. The molecule has 0 radical (unpaired) electrons. The second-order valence-corrected chi connectivity index (χ2v) is 8.14. The van der Waals surface area contributed by atoms with Crippen molar-refractivity contribution in [3.05, 3.63) is 33.9 Å². The lowest BCUT2D eigenvalue weighted by Crippen LogP contribution is -2.46. The summed E-state index contributed by atoms with van der Waals surface area (Å²) in [6.07, 6.45) is 5.05. The summed E-state index contributed by atoms with van der Waals surface area (Å²) in [6.45, 7) is 0.704. The molecular weight excluding hydrogens is 445 g/mol. The topological polar surface area (TPSA) is 107 Å². The minimum Gasteiger partial charge on any atom is -0.478 e. The molecule has 1 heterocycles. The Morgan fingerprint density at radius 3 is 2.58 bits per heavy atom. The molecule has 1 aromatic heterocycles. The predicted molar refractivity (Wildman–Crippen MR) is 117 cm³/mol. The average molecular weight is 468 g/mol. The Kier molecular flexibility index (Phi) is 7.92. The molecule has 2 aromatic rings. The third-order valence-corrected chi connectivity index (χ3v) is 5.46. The molecule has 1 aliphatic rings. The first-order valence-corrected chi connectivity index (χ1v) is 10.7. The zero-order valence-electron chi connectivity index (χ0n) is 17.0. The third kappa shape index (κ3) is 6.45. The van der Waals surface area contributed by atoms with Gasteiger partial charge in [0.15, 0.2) is 19.0 Å². The van der Waals surface area contributed by atoms with Crippen LogP contribution in [0.2, 0.25) is 10.0 Å². The molecule has 31 heavy (non-hydrogen) atoms. The summed E-state index contributed by atoms with van der Waals surface area (Å²) in [5.41, 5.74) is 1.14. The van der Waals surface area contributed by atoms with Gasteiger partial charge in [-0.05, 0) is 38.0 Å². The van der Waals surface area contributed by atoms with E-state index in [0.29, 0.717) is 15.9 Å². The maximum atomic E-state index is 12.0. The van der Waals surface area contributed by atoms with Crippen LogP contribution < -0.4 is 15.4 Å². The summed E-state index contributed by atoms with van der Waals surface area (Å²) < 4.78 is 10.4. The Bertz CT molecular complexity index is 993. The molecule has 3 rings (SSSR count). The molecule has 0 unspecified atom stereocenters. The zero-order valence-corrected chi connectivity index (χ0v) is 18.5. The zero-order chi connectivity index (χ0) is 22.4. The van der Waals surface area contributed by atoms with Crippen molar-refractivity contribution in [2.45, 2.75) is 45.1 Å². The van der Waals surface area contributed by atoms with E-state index in [1.54, 1.807) is 19.1 Å². The number of esters is 1. The molecule has 8 nitrogen and oxygen atoms in total. The van der Waals surface area contributed by atoms with Gasteiger partial charge in [-0.3, -0.25) is 10.1 Å². The van der Waals surface area contributed by atoms with Crippen molar-refractivity contribution in [3.63, 3.8) is 0 Å². The number of nitrogens with one attached hydrogen (secondary N) is 2. The minimum absolute atomic E-state index is 0.0636.